The second-order valence-electron chi connectivity index (χ2n) is 4.17. The Morgan fingerprint density at radius 1 is 1.20 bits per heavy atom. The van der Waals surface area contributed by atoms with Gasteiger partial charge in [0, 0.05) is 17.3 Å². The van der Waals surface area contributed by atoms with Crippen LogP contribution in [0.15, 0.2) is 42.7 Å². The molecule has 0 radical (unpaired) electrons. The van der Waals surface area contributed by atoms with Gasteiger partial charge in [0.2, 0.25) is 0 Å². The summed E-state index contributed by atoms with van der Waals surface area (Å²) in [5.41, 5.74) is 8.24. The van der Waals surface area contributed by atoms with Crippen LogP contribution in [0.3, 0.4) is 0 Å². The highest BCUT2D eigenvalue weighted by Gasteiger charge is 2.41. The molecule has 0 spiro atoms. The topological polar surface area (TPSA) is 43.8 Å². The third-order valence-corrected chi connectivity index (χ3v) is 2.97. The van der Waals surface area contributed by atoms with Gasteiger partial charge in [0.05, 0.1) is 11.9 Å². The molecule has 1 heterocycles. The van der Waals surface area contributed by atoms with Gasteiger partial charge in [0.25, 0.3) is 0 Å². The van der Waals surface area contributed by atoms with Crippen LogP contribution in [-0.4, -0.2) is 9.78 Å². The molecule has 3 rings (SSSR count). The van der Waals surface area contributed by atoms with Crippen molar-refractivity contribution < 1.29 is 0 Å². The molecule has 0 atom stereocenters. The zero-order chi connectivity index (χ0) is 10.3. The zero-order valence-corrected chi connectivity index (χ0v) is 8.43. The normalized spacial score (nSPS) is 17.7. The van der Waals surface area contributed by atoms with Gasteiger partial charge in [-0.15, -0.1) is 0 Å². The summed E-state index contributed by atoms with van der Waals surface area (Å²) in [6, 6.07) is 10.1. The van der Waals surface area contributed by atoms with Crippen LogP contribution in [0.25, 0.3) is 5.69 Å². The van der Waals surface area contributed by atoms with Gasteiger partial charge < -0.3 is 5.73 Å². The number of benzene rings is 1. The summed E-state index contributed by atoms with van der Waals surface area (Å²) in [5, 5.41) is 4.33. The molecule has 1 aromatic heterocycles. The van der Waals surface area contributed by atoms with Crippen LogP contribution in [0, 0.1) is 0 Å². The Labute approximate surface area is 88.5 Å². The summed E-state index contributed by atoms with van der Waals surface area (Å²) >= 11 is 0. The third kappa shape index (κ3) is 1.45. The van der Waals surface area contributed by atoms with Crippen LogP contribution in [0.2, 0.25) is 0 Å². The fourth-order valence-electron chi connectivity index (χ4n) is 1.73. The summed E-state index contributed by atoms with van der Waals surface area (Å²) in [6.45, 7) is 0. The molecule has 0 amide bonds. The molecule has 76 valence electrons. The number of para-hydroxylation sites is 1. The standard InChI is InChI=1S/C12H13N3/c13-12(6-7-12)10-8-14-15(9-10)11-4-2-1-3-5-11/h1-5,8-9H,6-7,13H2. The van der Waals surface area contributed by atoms with E-state index >= 15 is 0 Å². The van der Waals surface area contributed by atoms with Gasteiger partial charge in [-0.2, -0.15) is 5.10 Å². The van der Waals surface area contributed by atoms with E-state index in [2.05, 4.69) is 5.10 Å². The van der Waals surface area contributed by atoms with E-state index in [0.717, 1.165) is 24.1 Å². The van der Waals surface area contributed by atoms with Crippen LogP contribution in [0.1, 0.15) is 18.4 Å². The molecule has 0 aliphatic heterocycles. The molecule has 15 heavy (non-hydrogen) atoms. The van der Waals surface area contributed by atoms with E-state index in [4.69, 9.17) is 5.73 Å². The summed E-state index contributed by atoms with van der Waals surface area (Å²) in [7, 11) is 0. The van der Waals surface area contributed by atoms with Gasteiger partial charge in [-0.05, 0) is 25.0 Å². The van der Waals surface area contributed by atoms with Crippen LogP contribution >= 0.6 is 0 Å². The minimum absolute atomic E-state index is 0.0902. The Bertz CT molecular complexity index is 469. The van der Waals surface area contributed by atoms with Crippen molar-refractivity contribution in [2.75, 3.05) is 0 Å². The fourth-order valence-corrected chi connectivity index (χ4v) is 1.73. The van der Waals surface area contributed by atoms with Crippen molar-refractivity contribution in [3.63, 3.8) is 0 Å². The van der Waals surface area contributed by atoms with E-state index in [9.17, 15) is 0 Å². The minimum Gasteiger partial charge on any atom is -0.321 e. The second kappa shape index (κ2) is 2.94. The van der Waals surface area contributed by atoms with Crippen LogP contribution in [0.5, 0.6) is 0 Å². The number of rotatable bonds is 2. The Morgan fingerprint density at radius 3 is 2.60 bits per heavy atom. The van der Waals surface area contributed by atoms with Crippen molar-refractivity contribution in [2.45, 2.75) is 18.4 Å². The van der Waals surface area contributed by atoms with Crippen molar-refractivity contribution in [1.29, 1.82) is 0 Å². The van der Waals surface area contributed by atoms with Gasteiger partial charge in [0.15, 0.2) is 0 Å². The molecule has 1 aromatic carbocycles. The summed E-state index contributed by atoms with van der Waals surface area (Å²) in [5.74, 6) is 0. The van der Waals surface area contributed by atoms with E-state index < -0.39 is 0 Å². The van der Waals surface area contributed by atoms with E-state index in [1.165, 1.54) is 0 Å². The molecule has 3 heteroatoms. The van der Waals surface area contributed by atoms with Gasteiger partial charge in [-0.25, -0.2) is 4.68 Å². The molecule has 0 unspecified atom stereocenters. The number of hydrogen-bond acceptors (Lipinski definition) is 2. The van der Waals surface area contributed by atoms with Crippen LogP contribution in [-0.2, 0) is 5.54 Å². The predicted molar refractivity (Wildman–Crippen MR) is 58.7 cm³/mol. The average molecular weight is 199 g/mol. The number of nitrogens with zero attached hydrogens (tertiary/aromatic N) is 2. The van der Waals surface area contributed by atoms with E-state index in [1.807, 2.05) is 47.4 Å². The molecule has 0 bridgehead atoms. The van der Waals surface area contributed by atoms with E-state index in [-0.39, 0.29) is 5.54 Å². The first-order valence-corrected chi connectivity index (χ1v) is 5.17. The van der Waals surface area contributed by atoms with Gasteiger partial charge >= 0.3 is 0 Å². The molecule has 1 aliphatic carbocycles. The van der Waals surface area contributed by atoms with Crippen molar-refractivity contribution >= 4 is 0 Å². The molecule has 1 aliphatic rings. The second-order valence-corrected chi connectivity index (χ2v) is 4.17. The Balaban J connectivity index is 1.97. The lowest BCUT2D eigenvalue weighted by atomic mass is 10.1. The van der Waals surface area contributed by atoms with Crippen LogP contribution in [0.4, 0.5) is 0 Å². The number of hydrogen-bond donors (Lipinski definition) is 1. The molecule has 1 saturated carbocycles. The van der Waals surface area contributed by atoms with Crippen molar-refractivity contribution in [3.8, 4) is 5.69 Å². The van der Waals surface area contributed by atoms with Crippen LogP contribution < -0.4 is 5.73 Å². The quantitative estimate of drug-likeness (QED) is 0.801. The maximum Gasteiger partial charge on any atom is 0.0645 e. The highest BCUT2D eigenvalue weighted by molar-refractivity contribution is 5.33. The monoisotopic (exact) mass is 199 g/mol. The van der Waals surface area contributed by atoms with E-state index in [1.54, 1.807) is 0 Å². The summed E-state index contributed by atoms with van der Waals surface area (Å²) < 4.78 is 1.88. The maximum absolute atomic E-state index is 6.11. The van der Waals surface area contributed by atoms with Gasteiger partial charge in [-0.1, -0.05) is 18.2 Å². The van der Waals surface area contributed by atoms with Gasteiger partial charge in [0.1, 0.15) is 0 Å². The Kier molecular flexibility index (Phi) is 1.70. The lowest BCUT2D eigenvalue weighted by Crippen LogP contribution is -2.17. The largest absolute Gasteiger partial charge is 0.321 e. The summed E-state index contributed by atoms with van der Waals surface area (Å²) in [4.78, 5) is 0. The van der Waals surface area contributed by atoms with Gasteiger partial charge in [-0.3, -0.25) is 0 Å². The summed E-state index contributed by atoms with van der Waals surface area (Å²) in [6.07, 6.45) is 6.06. The molecular formula is C12H13N3. The highest BCUT2D eigenvalue weighted by Crippen LogP contribution is 2.42. The lowest BCUT2D eigenvalue weighted by Gasteiger charge is -2.03. The molecular weight excluding hydrogens is 186 g/mol. The fraction of sp³-hybridized carbons (Fsp3) is 0.250. The maximum atomic E-state index is 6.11. The lowest BCUT2D eigenvalue weighted by molar-refractivity contribution is 0.739. The zero-order valence-electron chi connectivity index (χ0n) is 8.43. The van der Waals surface area contributed by atoms with Crippen molar-refractivity contribution in [1.82, 2.24) is 9.78 Å². The molecule has 2 aromatic rings. The SMILES string of the molecule is NC1(c2cnn(-c3ccccc3)c2)CC1. The molecule has 1 fully saturated rings. The molecule has 2 N–H and O–H groups in total. The highest BCUT2D eigenvalue weighted by atomic mass is 15.3. The van der Waals surface area contributed by atoms with E-state index in [0.29, 0.717) is 0 Å². The number of nitrogens with two attached hydrogens (primary N) is 1. The predicted octanol–water partition coefficient (Wildman–Crippen LogP) is 1.82. The Morgan fingerprint density at radius 2 is 1.93 bits per heavy atom. The first kappa shape index (κ1) is 8.68. The van der Waals surface area contributed by atoms with Crippen molar-refractivity contribution in [2.24, 2.45) is 5.73 Å². The first-order valence-electron chi connectivity index (χ1n) is 5.17. The Hall–Kier alpha value is -1.61. The smallest absolute Gasteiger partial charge is 0.0645 e. The average Bonchev–Trinajstić information content (AvgIpc) is 2.85. The minimum atomic E-state index is -0.0902. The number of aromatic nitrogens is 2. The van der Waals surface area contributed by atoms with Crippen molar-refractivity contribution in [3.05, 3.63) is 48.3 Å². The molecule has 3 nitrogen and oxygen atoms in total. The first-order chi connectivity index (χ1) is 7.28. The molecule has 0 saturated heterocycles. The third-order valence-electron chi connectivity index (χ3n) is 2.97.